The van der Waals surface area contributed by atoms with E-state index in [9.17, 15) is 8.78 Å². The van der Waals surface area contributed by atoms with E-state index in [0.29, 0.717) is 0 Å². The van der Waals surface area contributed by atoms with Crippen LogP contribution >= 0.6 is 0 Å². The summed E-state index contributed by atoms with van der Waals surface area (Å²) in [5.41, 5.74) is 0. The molecule has 0 saturated carbocycles. The van der Waals surface area contributed by atoms with Crippen molar-refractivity contribution in [2.24, 2.45) is 0 Å². The van der Waals surface area contributed by atoms with Gasteiger partial charge in [0.25, 0.3) is 0 Å². The van der Waals surface area contributed by atoms with Gasteiger partial charge in [-0.25, -0.2) is 4.39 Å². The van der Waals surface area contributed by atoms with Crippen molar-refractivity contribution >= 4 is 0 Å². The summed E-state index contributed by atoms with van der Waals surface area (Å²) in [5.74, 6) is -1.74. The molecule has 1 N–H and O–H groups in total. The molecular formula is C11H13F2NO. The summed E-state index contributed by atoms with van der Waals surface area (Å²) in [6.07, 6.45) is 1.65. The third-order valence-electron chi connectivity index (χ3n) is 2.50. The highest BCUT2D eigenvalue weighted by atomic mass is 19.2. The van der Waals surface area contributed by atoms with Crippen molar-refractivity contribution in [1.29, 1.82) is 0 Å². The second-order valence-corrected chi connectivity index (χ2v) is 3.62. The van der Waals surface area contributed by atoms with Gasteiger partial charge in [-0.05, 0) is 38.1 Å². The molecule has 2 nitrogen and oxygen atoms in total. The highest BCUT2D eigenvalue weighted by molar-refractivity contribution is 5.25. The Bertz CT molecular complexity index is 337. The Morgan fingerprint density at radius 1 is 1.20 bits per heavy atom. The Kier molecular flexibility index (Phi) is 3.16. The van der Waals surface area contributed by atoms with Crippen LogP contribution in [0.25, 0.3) is 0 Å². The van der Waals surface area contributed by atoms with Crippen LogP contribution in [-0.4, -0.2) is 19.2 Å². The van der Waals surface area contributed by atoms with E-state index < -0.39 is 11.6 Å². The lowest BCUT2D eigenvalue weighted by atomic mass is 10.1. The summed E-state index contributed by atoms with van der Waals surface area (Å²) in [6.45, 7) is 1.73. The number of piperidine rings is 1. The topological polar surface area (TPSA) is 21.3 Å². The zero-order chi connectivity index (χ0) is 10.7. The van der Waals surface area contributed by atoms with E-state index in [1.54, 1.807) is 0 Å². The van der Waals surface area contributed by atoms with Gasteiger partial charge in [-0.3, -0.25) is 0 Å². The van der Waals surface area contributed by atoms with Gasteiger partial charge in [0.2, 0.25) is 5.82 Å². The van der Waals surface area contributed by atoms with Gasteiger partial charge < -0.3 is 10.1 Å². The van der Waals surface area contributed by atoms with Crippen LogP contribution < -0.4 is 10.1 Å². The fourth-order valence-electron chi connectivity index (χ4n) is 1.67. The van der Waals surface area contributed by atoms with Gasteiger partial charge >= 0.3 is 0 Å². The molecule has 0 atom stereocenters. The lowest BCUT2D eigenvalue weighted by Gasteiger charge is -2.23. The Balaban J connectivity index is 2.06. The van der Waals surface area contributed by atoms with Crippen LogP contribution in [0.2, 0.25) is 0 Å². The Hall–Kier alpha value is -1.16. The molecule has 2 rings (SSSR count). The molecule has 1 heterocycles. The molecule has 0 radical (unpaired) electrons. The first kappa shape index (κ1) is 10.4. The van der Waals surface area contributed by atoms with Crippen molar-refractivity contribution in [1.82, 2.24) is 5.32 Å². The predicted octanol–water partition coefficient (Wildman–Crippen LogP) is 2.10. The van der Waals surface area contributed by atoms with E-state index in [1.807, 2.05) is 0 Å². The van der Waals surface area contributed by atoms with E-state index in [-0.39, 0.29) is 11.9 Å². The summed E-state index contributed by atoms with van der Waals surface area (Å²) < 4.78 is 31.5. The number of benzene rings is 1. The molecule has 15 heavy (non-hydrogen) atoms. The standard InChI is InChI=1S/C11H13F2NO/c12-9-2-1-3-10(11(9)13)15-8-4-6-14-7-5-8/h1-3,8,14H,4-7H2. The van der Waals surface area contributed by atoms with E-state index in [1.165, 1.54) is 12.1 Å². The molecule has 1 aliphatic heterocycles. The second kappa shape index (κ2) is 4.57. The van der Waals surface area contributed by atoms with Gasteiger partial charge in [0.05, 0.1) is 0 Å². The van der Waals surface area contributed by atoms with Crippen LogP contribution in [-0.2, 0) is 0 Å². The van der Waals surface area contributed by atoms with Crippen LogP contribution in [0.3, 0.4) is 0 Å². The van der Waals surface area contributed by atoms with Gasteiger partial charge in [-0.2, -0.15) is 4.39 Å². The Morgan fingerprint density at radius 2 is 1.93 bits per heavy atom. The molecule has 0 unspecified atom stereocenters. The molecule has 1 aromatic carbocycles. The zero-order valence-electron chi connectivity index (χ0n) is 8.30. The fourth-order valence-corrected chi connectivity index (χ4v) is 1.67. The predicted molar refractivity (Wildman–Crippen MR) is 52.9 cm³/mol. The number of ether oxygens (including phenoxy) is 1. The summed E-state index contributed by atoms with van der Waals surface area (Å²) >= 11 is 0. The first-order valence-electron chi connectivity index (χ1n) is 5.09. The number of hydrogen-bond donors (Lipinski definition) is 1. The zero-order valence-corrected chi connectivity index (χ0v) is 8.30. The molecule has 0 amide bonds. The van der Waals surface area contributed by atoms with Gasteiger partial charge in [0, 0.05) is 0 Å². The lowest BCUT2D eigenvalue weighted by Crippen LogP contribution is -2.34. The van der Waals surface area contributed by atoms with Gasteiger partial charge in [0.15, 0.2) is 11.6 Å². The summed E-state index contributed by atoms with van der Waals surface area (Å²) in [5, 5.41) is 3.18. The minimum absolute atomic E-state index is 0.0115. The van der Waals surface area contributed by atoms with Crippen molar-refractivity contribution in [3.05, 3.63) is 29.8 Å². The van der Waals surface area contributed by atoms with Crippen LogP contribution in [0, 0.1) is 11.6 Å². The third kappa shape index (κ3) is 2.45. The first-order valence-corrected chi connectivity index (χ1v) is 5.09. The monoisotopic (exact) mass is 213 g/mol. The normalized spacial score (nSPS) is 17.7. The molecule has 0 bridgehead atoms. The minimum atomic E-state index is -0.893. The average Bonchev–Trinajstić information content (AvgIpc) is 2.26. The van der Waals surface area contributed by atoms with Crippen LogP contribution in [0.15, 0.2) is 18.2 Å². The number of hydrogen-bond acceptors (Lipinski definition) is 2. The summed E-state index contributed by atoms with van der Waals surface area (Å²) in [7, 11) is 0. The van der Waals surface area contributed by atoms with Crippen molar-refractivity contribution < 1.29 is 13.5 Å². The van der Waals surface area contributed by atoms with Gasteiger partial charge in [0.1, 0.15) is 6.10 Å². The molecule has 1 aromatic rings. The van der Waals surface area contributed by atoms with E-state index in [0.717, 1.165) is 32.0 Å². The summed E-state index contributed by atoms with van der Waals surface area (Å²) in [4.78, 5) is 0. The molecule has 1 aliphatic rings. The molecule has 0 aromatic heterocycles. The maximum absolute atomic E-state index is 13.2. The number of rotatable bonds is 2. The van der Waals surface area contributed by atoms with E-state index in [2.05, 4.69) is 5.32 Å². The first-order chi connectivity index (χ1) is 7.27. The van der Waals surface area contributed by atoms with Crippen molar-refractivity contribution in [3.63, 3.8) is 0 Å². The second-order valence-electron chi connectivity index (χ2n) is 3.62. The van der Waals surface area contributed by atoms with Crippen LogP contribution in [0.5, 0.6) is 5.75 Å². The van der Waals surface area contributed by atoms with Crippen LogP contribution in [0.1, 0.15) is 12.8 Å². The van der Waals surface area contributed by atoms with Gasteiger partial charge in [-0.1, -0.05) is 6.07 Å². The SMILES string of the molecule is Fc1cccc(OC2CCNCC2)c1F. The largest absolute Gasteiger partial charge is 0.487 e. The van der Waals surface area contributed by atoms with E-state index in [4.69, 9.17) is 4.74 Å². The highest BCUT2D eigenvalue weighted by Crippen LogP contribution is 2.22. The molecular weight excluding hydrogens is 200 g/mol. The molecule has 1 fully saturated rings. The maximum atomic E-state index is 13.2. The van der Waals surface area contributed by atoms with Crippen LogP contribution in [0.4, 0.5) is 8.78 Å². The number of nitrogens with one attached hydrogen (secondary N) is 1. The quantitative estimate of drug-likeness (QED) is 0.812. The van der Waals surface area contributed by atoms with Crippen molar-refractivity contribution in [3.8, 4) is 5.75 Å². The molecule has 4 heteroatoms. The van der Waals surface area contributed by atoms with Crippen molar-refractivity contribution in [2.45, 2.75) is 18.9 Å². The third-order valence-corrected chi connectivity index (χ3v) is 2.50. The Labute approximate surface area is 87.2 Å². The average molecular weight is 213 g/mol. The summed E-state index contributed by atoms with van der Waals surface area (Å²) in [6, 6.07) is 4.00. The minimum Gasteiger partial charge on any atom is -0.487 e. The maximum Gasteiger partial charge on any atom is 0.200 e. The molecule has 1 saturated heterocycles. The number of halogens is 2. The molecule has 82 valence electrons. The fraction of sp³-hybridized carbons (Fsp3) is 0.455. The Morgan fingerprint density at radius 3 is 2.67 bits per heavy atom. The smallest absolute Gasteiger partial charge is 0.200 e. The van der Waals surface area contributed by atoms with E-state index >= 15 is 0 Å². The van der Waals surface area contributed by atoms with Crippen molar-refractivity contribution in [2.75, 3.05) is 13.1 Å². The van der Waals surface area contributed by atoms with Gasteiger partial charge in [-0.15, -0.1) is 0 Å². The lowest BCUT2D eigenvalue weighted by molar-refractivity contribution is 0.154. The molecule has 0 spiro atoms. The molecule has 0 aliphatic carbocycles. The highest BCUT2D eigenvalue weighted by Gasteiger charge is 2.17.